The maximum absolute atomic E-state index is 5.51. The van der Waals surface area contributed by atoms with E-state index in [2.05, 4.69) is 15.0 Å². The van der Waals surface area contributed by atoms with Crippen molar-refractivity contribution in [3.8, 4) is 12.0 Å². The van der Waals surface area contributed by atoms with Gasteiger partial charge in [0.2, 0.25) is 5.95 Å². The molecule has 2 N–H and O–H groups in total. The first-order chi connectivity index (χ1) is 8.11. The first-order valence-corrected chi connectivity index (χ1v) is 5.50. The quantitative estimate of drug-likeness (QED) is 0.702. The number of hydrogen-bond donors (Lipinski definition) is 1. The van der Waals surface area contributed by atoms with Gasteiger partial charge in [0, 0.05) is 6.61 Å². The van der Waals surface area contributed by atoms with Crippen molar-refractivity contribution in [1.82, 2.24) is 15.0 Å². The number of nitrogens with zero attached hydrogens (tertiary/aromatic N) is 3. The molecule has 1 aromatic rings. The van der Waals surface area contributed by atoms with Gasteiger partial charge in [-0.15, -0.1) is 4.98 Å². The topological polar surface area (TPSA) is 92.4 Å². The Morgan fingerprint density at radius 1 is 1.12 bits per heavy atom. The Morgan fingerprint density at radius 2 is 1.82 bits per heavy atom. The van der Waals surface area contributed by atoms with Gasteiger partial charge in [-0.3, -0.25) is 0 Å². The minimum absolute atomic E-state index is 0.0342. The lowest BCUT2D eigenvalue weighted by Crippen LogP contribution is -2.13. The van der Waals surface area contributed by atoms with E-state index in [-0.39, 0.29) is 24.1 Å². The van der Waals surface area contributed by atoms with Crippen molar-refractivity contribution in [3.63, 3.8) is 0 Å². The van der Waals surface area contributed by atoms with Crippen LogP contribution in [-0.4, -0.2) is 40.9 Å². The van der Waals surface area contributed by atoms with Crippen molar-refractivity contribution in [2.75, 3.05) is 25.6 Å². The number of nitrogens with two attached hydrogens (primary N) is 1. The van der Waals surface area contributed by atoms with Gasteiger partial charge in [0.25, 0.3) is 0 Å². The predicted octanol–water partition coefficient (Wildman–Crippen LogP) is 0.656. The molecule has 1 heterocycles. The van der Waals surface area contributed by atoms with Gasteiger partial charge in [-0.25, -0.2) is 0 Å². The first kappa shape index (κ1) is 13.4. The van der Waals surface area contributed by atoms with Gasteiger partial charge in [0.1, 0.15) is 6.61 Å². The zero-order valence-corrected chi connectivity index (χ0v) is 10.3. The molecule has 0 radical (unpaired) electrons. The Kier molecular flexibility index (Phi) is 5.41. The summed E-state index contributed by atoms with van der Waals surface area (Å²) in [4.78, 5) is 11.6. The van der Waals surface area contributed by atoms with E-state index in [0.717, 1.165) is 0 Å². The second-order valence-electron chi connectivity index (χ2n) is 3.47. The molecule has 0 spiro atoms. The maximum Gasteiger partial charge on any atom is 0.324 e. The van der Waals surface area contributed by atoms with Crippen LogP contribution in [0.2, 0.25) is 0 Å². The zero-order valence-electron chi connectivity index (χ0n) is 10.3. The van der Waals surface area contributed by atoms with Crippen LogP contribution in [0.25, 0.3) is 0 Å². The molecule has 0 atom stereocenters. The van der Waals surface area contributed by atoms with Gasteiger partial charge >= 0.3 is 12.0 Å². The summed E-state index contributed by atoms with van der Waals surface area (Å²) in [6.45, 7) is 7.13. The smallest absolute Gasteiger partial charge is 0.324 e. The molecule has 1 rings (SSSR count). The molecule has 0 aliphatic rings. The van der Waals surface area contributed by atoms with Crippen molar-refractivity contribution >= 4 is 5.95 Å². The molecule has 0 fully saturated rings. The number of hydrogen-bond acceptors (Lipinski definition) is 7. The van der Waals surface area contributed by atoms with Crippen LogP contribution in [0, 0.1) is 0 Å². The first-order valence-electron chi connectivity index (χ1n) is 5.50. The minimum atomic E-state index is -0.0342. The number of nitrogen functional groups attached to an aromatic ring is 1. The van der Waals surface area contributed by atoms with Crippen LogP contribution in [0.4, 0.5) is 5.95 Å². The summed E-state index contributed by atoms with van der Waals surface area (Å²) >= 11 is 0. The Labute approximate surface area is 100 Å². The van der Waals surface area contributed by atoms with Crippen LogP contribution in [0.5, 0.6) is 12.0 Å². The SMILES string of the molecule is CCOCCOc1nc(N)nc(OC(C)C)n1. The third-order valence-corrected chi connectivity index (χ3v) is 1.62. The summed E-state index contributed by atoms with van der Waals surface area (Å²) in [6.07, 6.45) is -0.0342. The van der Waals surface area contributed by atoms with E-state index >= 15 is 0 Å². The van der Waals surface area contributed by atoms with E-state index in [1.807, 2.05) is 20.8 Å². The van der Waals surface area contributed by atoms with Crippen LogP contribution in [-0.2, 0) is 4.74 Å². The molecule has 0 saturated heterocycles. The summed E-state index contributed by atoms with van der Waals surface area (Å²) < 4.78 is 15.7. The van der Waals surface area contributed by atoms with Gasteiger partial charge in [-0.1, -0.05) is 0 Å². The Hall–Kier alpha value is -1.63. The Balaban J connectivity index is 2.56. The standard InChI is InChI=1S/C10H18N4O3/c1-4-15-5-6-16-9-12-8(11)13-10(14-9)17-7(2)3/h7H,4-6H2,1-3H3,(H2,11,12,13,14). The lowest BCUT2D eigenvalue weighted by atomic mass is 10.5. The zero-order chi connectivity index (χ0) is 12.7. The summed E-state index contributed by atoms with van der Waals surface area (Å²) in [5.74, 6) is 0.0714. The van der Waals surface area contributed by atoms with Gasteiger partial charge in [0.15, 0.2) is 0 Å². The highest BCUT2D eigenvalue weighted by molar-refractivity contribution is 5.20. The number of aromatic nitrogens is 3. The van der Waals surface area contributed by atoms with Crippen molar-refractivity contribution < 1.29 is 14.2 Å². The molecule has 0 aromatic carbocycles. The van der Waals surface area contributed by atoms with Gasteiger partial charge in [0.05, 0.1) is 12.7 Å². The molecule has 1 aromatic heterocycles. The van der Waals surface area contributed by atoms with Crippen molar-refractivity contribution in [2.45, 2.75) is 26.9 Å². The molecule has 7 heteroatoms. The summed E-state index contributed by atoms with van der Waals surface area (Å²) in [5.41, 5.74) is 5.51. The molecule has 0 aliphatic carbocycles. The molecule has 0 aliphatic heterocycles. The van der Waals surface area contributed by atoms with Gasteiger partial charge < -0.3 is 19.9 Å². The van der Waals surface area contributed by atoms with E-state index < -0.39 is 0 Å². The average molecular weight is 242 g/mol. The fourth-order valence-electron chi connectivity index (χ4n) is 1.02. The predicted molar refractivity (Wildman–Crippen MR) is 62.0 cm³/mol. The Morgan fingerprint density at radius 3 is 2.47 bits per heavy atom. The molecular formula is C10H18N4O3. The minimum Gasteiger partial charge on any atom is -0.461 e. The largest absolute Gasteiger partial charge is 0.461 e. The highest BCUT2D eigenvalue weighted by atomic mass is 16.5. The third-order valence-electron chi connectivity index (χ3n) is 1.62. The van der Waals surface area contributed by atoms with Crippen molar-refractivity contribution in [2.24, 2.45) is 0 Å². The fraction of sp³-hybridized carbons (Fsp3) is 0.700. The summed E-state index contributed by atoms with van der Waals surface area (Å²) in [7, 11) is 0. The second-order valence-corrected chi connectivity index (χ2v) is 3.47. The lowest BCUT2D eigenvalue weighted by Gasteiger charge is -2.09. The molecule has 0 bridgehead atoms. The normalized spacial score (nSPS) is 10.6. The average Bonchev–Trinajstić information content (AvgIpc) is 2.22. The van der Waals surface area contributed by atoms with Crippen LogP contribution in [0.1, 0.15) is 20.8 Å². The van der Waals surface area contributed by atoms with Crippen LogP contribution < -0.4 is 15.2 Å². The van der Waals surface area contributed by atoms with Crippen LogP contribution >= 0.6 is 0 Å². The molecule has 0 amide bonds. The molecule has 0 unspecified atom stereocenters. The highest BCUT2D eigenvalue weighted by Crippen LogP contribution is 2.11. The number of anilines is 1. The Bertz CT molecular complexity index is 346. The highest BCUT2D eigenvalue weighted by Gasteiger charge is 2.07. The van der Waals surface area contributed by atoms with E-state index in [4.69, 9.17) is 19.9 Å². The molecule has 96 valence electrons. The van der Waals surface area contributed by atoms with Crippen molar-refractivity contribution in [1.29, 1.82) is 0 Å². The van der Waals surface area contributed by atoms with E-state index in [1.54, 1.807) is 0 Å². The second kappa shape index (κ2) is 6.85. The van der Waals surface area contributed by atoms with E-state index in [9.17, 15) is 0 Å². The summed E-state index contributed by atoms with van der Waals surface area (Å²) in [6, 6.07) is 0.312. The number of ether oxygens (including phenoxy) is 3. The molecular weight excluding hydrogens is 224 g/mol. The van der Waals surface area contributed by atoms with Crippen LogP contribution in [0.3, 0.4) is 0 Å². The van der Waals surface area contributed by atoms with E-state index in [1.165, 1.54) is 0 Å². The molecule has 0 saturated carbocycles. The number of rotatable bonds is 7. The molecule has 17 heavy (non-hydrogen) atoms. The maximum atomic E-state index is 5.51. The van der Waals surface area contributed by atoms with Crippen molar-refractivity contribution in [3.05, 3.63) is 0 Å². The van der Waals surface area contributed by atoms with Gasteiger partial charge in [-0.2, -0.15) is 9.97 Å². The van der Waals surface area contributed by atoms with E-state index in [0.29, 0.717) is 19.8 Å². The fourth-order valence-corrected chi connectivity index (χ4v) is 1.02. The third kappa shape index (κ3) is 5.30. The summed E-state index contributed by atoms with van der Waals surface area (Å²) in [5, 5.41) is 0. The monoisotopic (exact) mass is 242 g/mol. The van der Waals surface area contributed by atoms with Gasteiger partial charge in [-0.05, 0) is 20.8 Å². The molecule has 7 nitrogen and oxygen atoms in total. The van der Waals surface area contributed by atoms with Crippen LogP contribution in [0.15, 0.2) is 0 Å². The lowest BCUT2D eigenvalue weighted by molar-refractivity contribution is 0.105.